The first-order valence-corrected chi connectivity index (χ1v) is 13.0. The highest BCUT2D eigenvalue weighted by atomic mass is 16.6. The summed E-state index contributed by atoms with van der Waals surface area (Å²) in [6.45, 7) is 10.4. The van der Waals surface area contributed by atoms with Crippen molar-refractivity contribution in [2.45, 2.75) is 71.6 Å². The SMILES string of the molecule is Cc1ccc(OCc2ccccc2)c([C@@H](CC(=O)N2C(=O)OC(C)(C)[C@H]2CC(C)C)c2ccccc2)c1. The van der Waals surface area contributed by atoms with E-state index in [-0.39, 0.29) is 24.3 Å². The van der Waals surface area contributed by atoms with Crippen LogP contribution in [0, 0.1) is 12.8 Å². The monoisotopic (exact) mass is 499 g/mol. The van der Waals surface area contributed by atoms with E-state index in [2.05, 4.69) is 19.9 Å². The van der Waals surface area contributed by atoms with Crippen molar-refractivity contribution < 1.29 is 19.1 Å². The van der Waals surface area contributed by atoms with E-state index in [4.69, 9.17) is 9.47 Å². The Morgan fingerprint density at radius 1 is 1.00 bits per heavy atom. The normalized spacial score (nSPS) is 17.5. The lowest BCUT2D eigenvalue weighted by Crippen LogP contribution is -2.45. The minimum absolute atomic E-state index is 0.134. The van der Waals surface area contributed by atoms with E-state index in [9.17, 15) is 9.59 Å². The fourth-order valence-electron chi connectivity index (χ4n) is 5.06. The first kappa shape index (κ1) is 26.5. The highest BCUT2D eigenvalue weighted by molar-refractivity contribution is 5.94. The number of carbonyl (C=O) groups is 2. The second-order valence-electron chi connectivity index (χ2n) is 10.9. The van der Waals surface area contributed by atoms with Gasteiger partial charge in [-0.15, -0.1) is 0 Å². The van der Waals surface area contributed by atoms with Gasteiger partial charge in [0.25, 0.3) is 0 Å². The van der Waals surface area contributed by atoms with Crippen LogP contribution in [-0.2, 0) is 16.1 Å². The number of rotatable bonds is 9. The Morgan fingerprint density at radius 2 is 1.65 bits per heavy atom. The van der Waals surface area contributed by atoms with Gasteiger partial charge in [0.15, 0.2) is 0 Å². The Labute approximate surface area is 220 Å². The molecule has 5 nitrogen and oxygen atoms in total. The highest BCUT2D eigenvalue weighted by Gasteiger charge is 2.50. The average molecular weight is 500 g/mol. The number of imide groups is 1. The van der Waals surface area contributed by atoms with Gasteiger partial charge in [0.2, 0.25) is 5.91 Å². The summed E-state index contributed by atoms with van der Waals surface area (Å²) in [6.07, 6.45) is 0.267. The lowest BCUT2D eigenvalue weighted by molar-refractivity contribution is -0.130. The molecule has 4 rings (SSSR count). The summed E-state index contributed by atoms with van der Waals surface area (Å²) in [5.41, 5.74) is 3.35. The van der Waals surface area contributed by atoms with Crippen LogP contribution in [0.15, 0.2) is 78.9 Å². The molecule has 5 heteroatoms. The fourth-order valence-corrected chi connectivity index (χ4v) is 5.06. The predicted molar refractivity (Wildman–Crippen MR) is 146 cm³/mol. The van der Waals surface area contributed by atoms with Crippen molar-refractivity contribution >= 4 is 12.0 Å². The maximum Gasteiger partial charge on any atom is 0.417 e. The average Bonchev–Trinajstić information content (AvgIpc) is 3.09. The predicted octanol–water partition coefficient (Wildman–Crippen LogP) is 7.27. The quantitative estimate of drug-likeness (QED) is 0.311. The van der Waals surface area contributed by atoms with Crippen LogP contribution in [-0.4, -0.2) is 28.5 Å². The van der Waals surface area contributed by atoms with Crippen LogP contribution < -0.4 is 4.74 Å². The van der Waals surface area contributed by atoms with Gasteiger partial charge in [-0.2, -0.15) is 0 Å². The molecule has 1 heterocycles. The molecule has 194 valence electrons. The second kappa shape index (κ2) is 11.2. The Morgan fingerprint density at radius 3 is 2.30 bits per heavy atom. The Kier molecular flexibility index (Phi) is 8.01. The molecule has 0 N–H and O–H groups in total. The van der Waals surface area contributed by atoms with Crippen molar-refractivity contribution in [3.05, 3.63) is 101 Å². The number of carbonyl (C=O) groups excluding carboxylic acids is 2. The molecule has 0 spiro atoms. The number of hydrogen-bond donors (Lipinski definition) is 0. The lowest BCUT2D eigenvalue weighted by Gasteiger charge is -2.30. The molecule has 3 aromatic rings. The van der Waals surface area contributed by atoms with Crippen molar-refractivity contribution in [3.63, 3.8) is 0 Å². The summed E-state index contributed by atoms with van der Waals surface area (Å²) in [6, 6.07) is 25.8. The molecule has 2 atom stereocenters. The van der Waals surface area contributed by atoms with E-state index in [0.717, 1.165) is 28.0 Å². The standard InChI is InChI=1S/C32H37NO4/c1-22(2)18-29-32(4,5)37-31(35)33(29)30(34)20-26(25-14-10-7-11-15-25)27-19-23(3)16-17-28(27)36-21-24-12-8-6-9-13-24/h6-17,19,22,26,29H,18,20-21H2,1-5H3/t26-,29+/m0/s1. The van der Waals surface area contributed by atoms with Crippen LogP contribution in [0.2, 0.25) is 0 Å². The van der Waals surface area contributed by atoms with E-state index in [1.807, 2.05) is 93.6 Å². The molecular weight excluding hydrogens is 462 g/mol. The third kappa shape index (κ3) is 6.22. The van der Waals surface area contributed by atoms with E-state index in [1.165, 1.54) is 4.90 Å². The fraction of sp³-hybridized carbons (Fsp3) is 0.375. The minimum Gasteiger partial charge on any atom is -0.489 e. The maximum atomic E-state index is 13.9. The van der Waals surface area contributed by atoms with E-state index in [0.29, 0.717) is 18.9 Å². The number of amides is 2. The number of nitrogens with zero attached hydrogens (tertiary/aromatic N) is 1. The Balaban J connectivity index is 1.68. The van der Waals surface area contributed by atoms with Crippen LogP contribution in [0.4, 0.5) is 4.79 Å². The van der Waals surface area contributed by atoms with Gasteiger partial charge in [-0.25, -0.2) is 9.69 Å². The van der Waals surface area contributed by atoms with Gasteiger partial charge in [-0.1, -0.05) is 92.2 Å². The molecule has 1 fully saturated rings. The van der Waals surface area contributed by atoms with E-state index < -0.39 is 11.7 Å². The number of benzene rings is 3. The second-order valence-corrected chi connectivity index (χ2v) is 10.9. The van der Waals surface area contributed by atoms with Crippen LogP contribution in [0.5, 0.6) is 5.75 Å². The van der Waals surface area contributed by atoms with Gasteiger partial charge in [0.1, 0.15) is 18.0 Å². The molecule has 1 aliphatic rings. The molecule has 0 saturated carbocycles. The van der Waals surface area contributed by atoms with Gasteiger partial charge < -0.3 is 9.47 Å². The maximum absolute atomic E-state index is 13.9. The molecule has 0 aliphatic carbocycles. The molecule has 1 aliphatic heterocycles. The van der Waals surface area contributed by atoms with Gasteiger partial charge in [0, 0.05) is 17.9 Å². The molecular formula is C32H37NO4. The zero-order chi connectivity index (χ0) is 26.6. The first-order chi connectivity index (χ1) is 17.7. The number of aryl methyl sites for hydroxylation is 1. The number of ether oxygens (including phenoxy) is 2. The summed E-state index contributed by atoms with van der Waals surface area (Å²) in [5.74, 6) is 0.536. The lowest BCUT2D eigenvalue weighted by atomic mass is 9.85. The largest absolute Gasteiger partial charge is 0.489 e. The van der Waals surface area contributed by atoms with E-state index in [1.54, 1.807) is 0 Å². The van der Waals surface area contributed by atoms with E-state index >= 15 is 0 Å². The molecule has 3 aromatic carbocycles. The number of cyclic esters (lactones) is 1. The van der Waals surface area contributed by atoms with Gasteiger partial charge >= 0.3 is 6.09 Å². The Bertz CT molecular complexity index is 1220. The molecule has 0 unspecified atom stereocenters. The third-order valence-electron chi connectivity index (χ3n) is 6.98. The minimum atomic E-state index is -0.730. The third-order valence-corrected chi connectivity index (χ3v) is 6.98. The summed E-state index contributed by atoms with van der Waals surface area (Å²) < 4.78 is 12.0. The van der Waals surface area contributed by atoms with Crippen LogP contribution >= 0.6 is 0 Å². The Hall–Kier alpha value is -3.60. The number of hydrogen-bond acceptors (Lipinski definition) is 4. The zero-order valence-electron chi connectivity index (χ0n) is 22.4. The molecule has 2 amide bonds. The van der Waals surface area contributed by atoms with Crippen molar-refractivity contribution in [2.75, 3.05) is 0 Å². The molecule has 37 heavy (non-hydrogen) atoms. The summed E-state index contributed by atoms with van der Waals surface area (Å²) in [4.78, 5) is 28.1. The highest BCUT2D eigenvalue weighted by Crippen LogP contribution is 2.39. The molecule has 1 saturated heterocycles. The topological polar surface area (TPSA) is 55.8 Å². The van der Waals surface area contributed by atoms with Crippen LogP contribution in [0.3, 0.4) is 0 Å². The van der Waals surface area contributed by atoms with Crippen LogP contribution in [0.1, 0.15) is 68.7 Å². The first-order valence-electron chi connectivity index (χ1n) is 13.0. The van der Waals surface area contributed by atoms with Crippen LogP contribution in [0.25, 0.3) is 0 Å². The summed E-state index contributed by atoms with van der Waals surface area (Å²) >= 11 is 0. The molecule has 0 radical (unpaired) electrons. The van der Waals surface area contributed by atoms with Gasteiger partial charge in [0.05, 0.1) is 6.04 Å². The van der Waals surface area contributed by atoms with Gasteiger partial charge in [-0.05, 0) is 50.3 Å². The molecule has 0 aromatic heterocycles. The van der Waals surface area contributed by atoms with Crippen molar-refractivity contribution in [3.8, 4) is 5.75 Å². The zero-order valence-corrected chi connectivity index (χ0v) is 22.4. The smallest absolute Gasteiger partial charge is 0.417 e. The van der Waals surface area contributed by atoms with Gasteiger partial charge in [-0.3, -0.25) is 4.79 Å². The summed E-state index contributed by atoms with van der Waals surface area (Å²) in [5, 5.41) is 0. The van der Waals surface area contributed by atoms with Crippen molar-refractivity contribution in [1.29, 1.82) is 0 Å². The summed E-state index contributed by atoms with van der Waals surface area (Å²) in [7, 11) is 0. The van der Waals surface area contributed by atoms with Crippen molar-refractivity contribution in [1.82, 2.24) is 4.90 Å². The molecule has 0 bridgehead atoms. The van der Waals surface area contributed by atoms with Crippen molar-refractivity contribution in [2.24, 2.45) is 5.92 Å².